The Morgan fingerprint density at radius 1 is 0.500 bits per heavy atom. The maximum atomic E-state index is 15.2. The number of nitrogens with zero attached hydrogens (tertiary/aromatic N) is 7. The van der Waals surface area contributed by atoms with Crippen molar-refractivity contribution in [1.29, 1.82) is 0 Å². The Balaban J connectivity index is 3.08. The smallest absolute Gasteiger partial charge is 0.410 e. The molecule has 0 aromatic heterocycles. The maximum absolute atomic E-state index is 15.2. The Hall–Kier alpha value is -6.94. The number of likely N-dealkylation sites (N-methyl/N-ethyl adjacent to an activating group) is 6. The fourth-order valence-electron chi connectivity index (χ4n) is 11.7. The molecule has 7 N–H and O–H groups in total. The van der Waals surface area contributed by atoms with Crippen LogP contribution < -0.4 is 26.6 Å². The van der Waals surface area contributed by atoms with Crippen molar-refractivity contribution in [2.24, 2.45) is 35.5 Å². The first-order chi connectivity index (χ1) is 43.5. The highest BCUT2D eigenvalue weighted by Crippen LogP contribution is 2.25. The van der Waals surface area contributed by atoms with Crippen LogP contribution in [0.2, 0.25) is 0 Å². The van der Waals surface area contributed by atoms with E-state index < -0.39 is 168 Å². The molecule has 0 aromatic carbocycles. The number of carbonyl (C=O) groups is 12. The van der Waals surface area contributed by atoms with Gasteiger partial charge in [-0.25, -0.2) is 4.79 Å². The van der Waals surface area contributed by atoms with Gasteiger partial charge in [0.2, 0.25) is 65.0 Å². The predicted octanol–water partition coefficient (Wildman–Crippen LogP) is 1.49. The zero-order chi connectivity index (χ0) is 72.2. The number of aliphatic hydroxyl groups excluding tert-OH is 2. The van der Waals surface area contributed by atoms with Gasteiger partial charge in [0.15, 0.2) is 0 Å². The van der Waals surface area contributed by atoms with Gasteiger partial charge >= 0.3 is 6.09 Å². The Morgan fingerprint density at radius 2 is 0.926 bits per heavy atom. The third-order valence-corrected chi connectivity index (χ3v) is 17.4. The van der Waals surface area contributed by atoms with E-state index in [0.717, 1.165) is 24.5 Å². The van der Waals surface area contributed by atoms with Crippen LogP contribution in [-0.4, -0.2) is 269 Å². The van der Waals surface area contributed by atoms with Gasteiger partial charge in [0.05, 0.1) is 25.4 Å². The lowest BCUT2D eigenvalue weighted by Crippen LogP contribution is -2.65. The molecule has 28 heteroatoms. The van der Waals surface area contributed by atoms with E-state index in [9.17, 15) is 53.4 Å². The molecule has 2 aliphatic heterocycles. The molecule has 1 unspecified atom stereocenters. The van der Waals surface area contributed by atoms with E-state index in [1.54, 1.807) is 53.7 Å². The van der Waals surface area contributed by atoms with E-state index in [2.05, 4.69) is 26.6 Å². The molecule has 12 amide bonds. The highest BCUT2D eigenvalue weighted by molar-refractivity contribution is 6.00. The van der Waals surface area contributed by atoms with Crippen LogP contribution >= 0.6 is 0 Å². The van der Waals surface area contributed by atoms with Crippen molar-refractivity contribution in [3.63, 3.8) is 0 Å². The number of rotatable bonds is 16. The van der Waals surface area contributed by atoms with E-state index in [1.165, 1.54) is 86.7 Å². The van der Waals surface area contributed by atoms with Gasteiger partial charge in [-0.1, -0.05) is 88.3 Å². The standard InChI is InChI=1S/C66H116N12O16/c1-24-25-26-40(12)54(80)53-59(85)71-50(44(16)79)64(90)72(18)43(15)61(87)76(22)52(45(17)94-66(92)78-27-29-93-30-28-78)58(84)70-46(31-35(2)3)62(88)74(20)48(33-37(6)7)56(82)67-41(13)55(81)68-42(14)60(86)73(19)49(34-38(8)9)57(83)69-47(32-36(4)5)63(89)75(21)51(39(10)11)65(91)77(53)23/h24-25,35-54,79-80H,26-34H2,1-23H3,(H,67,82)(H,68,81)(H,69,83)(H,70,84)(H,71,85)/t40-,41+,42-,43-,44-,45?,46+,47+,48+,49+,50+,51+,52+,53+,54-/m1/s1. The van der Waals surface area contributed by atoms with Crippen molar-refractivity contribution in [2.45, 2.75) is 235 Å². The van der Waals surface area contributed by atoms with Crippen LogP contribution in [0.4, 0.5) is 4.79 Å². The molecule has 0 saturated carbocycles. The van der Waals surface area contributed by atoms with Crippen LogP contribution in [0.3, 0.4) is 0 Å². The second-order valence-corrected chi connectivity index (χ2v) is 27.8. The zero-order valence-electron chi connectivity index (χ0n) is 60.3. The fourth-order valence-corrected chi connectivity index (χ4v) is 11.7. The van der Waals surface area contributed by atoms with Crippen molar-refractivity contribution in [3.05, 3.63) is 12.2 Å². The molecule has 0 aliphatic carbocycles. The lowest BCUT2D eigenvalue weighted by atomic mass is 9.91. The van der Waals surface area contributed by atoms with Crippen molar-refractivity contribution >= 4 is 71.1 Å². The summed E-state index contributed by atoms with van der Waals surface area (Å²) < 4.78 is 11.3. The molecule has 0 bridgehead atoms. The van der Waals surface area contributed by atoms with Gasteiger partial charge in [0.1, 0.15) is 72.6 Å². The molecule has 2 heterocycles. The van der Waals surface area contributed by atoms with Gasteiger partial charge in [-0.15, -0.1) is 0 Å². The second kappa shape index (κ2) is 38.0. The summed E-state index contributed by atoms with van der Waals surface area (Å²) >= 11 is 0. The van der Waals surface area contributed by atoms with Gasteiger partial charge in [0, 0.05) is 55.4 Å². The summed E-state index contributed by atoms with van der Waals surface area (Å²) in [6, 6.07) is -15.9. The third-order valence-electron chi connectivity index (χ3n) is 17.4. The second-order valence-electron chi connectivity index (χ2n) is 27.8. The van der Waals surface area contributed by atoms with Crippen molar-refractivity contribution in [2.75, 3.05) is 68.6 Å². The Kier molecular flexibility index (Phi) is 33.6. The summed E-state index contributed by atoms with van der Waals surface area (Å²) in [5, 5.41) is 37.0. The first-order valence-electron chi connectivity index (χ1n) is 33.2. The van der Waals surface area contributed by atoms with E-state index in [-0.39, 0.29) is 82.1 Å². The highest BCUT2D eigenvalue weighted by Gasteiger charge is 2.47. The van der Waals surface area contributed by atoms with Gasteiger partial charge in [-0.2, -0.15) is 0 Å². The molecule has 2 rings (SSSR count). The molecule has 2 fully saturated rings. The molecule has 2 aliphatic rings. The van der Waals surface area contributed by atoms with Crippen LogP contribution in [-0.2, 0) is 62.2 Å². The number of morpholine rings is 1. The van der Waals surface area contributed by atoms with Crippen molar-refractivity contribution < 1.29 is 77.2 Å². The topological polar surface area (TPSA) is 347 Å². The largest absolute Gasteiger partial charge is 0.444 e. The quantitative estimate of drug-likeness (QED) is 0.108. The Bertz CT molecular complexity index is 2630. The lowest BCUT2D eigenvalue weighted by Gasteiger charge is -2.40. The SMILES string of the molecule is CC=CC[C@@H](C)[C@@H](O)[C@H]1C(=O)N[C@@H]([C@@H](C)O)C(=O)N(C)[C@H](C)C(=O)N(C)[C@@H](C(C)OC(=O)N2CCOCC2)C(=O)N[C@@H](CC(C)C)C(=O)N(C)[C@@H](CC(C)C)C(=O)N[C@@H](C)C(=O)N[C@H](C)C(=O)N(C)[C@@H](CC(C)C)C(=O)N[C@@H](CC(C)C)C(=O)N(C)[C@@H](C(C)C)C(=O)N1C. The number of hydrogen-bond donors (Lipinski definition) is 7. The van der Waals surface area contributed by atoms with Gasteiger partial charge in [-0.3, -0.25) is 52.7 Å². The number of nitrogens with one attached hydrogen (secondary N) is 5. The minimum atomic E-state index is -1.85. The van der Waals surface area contributed by atoms with Crippen LogP contribution in [0.5, 0.6) is 0 Å². The number of allylic oxidation sites excluding steroid dienone is 2. The van der Waals surface area contributed by atoms with Crippen LogP contribution in [0.1, 0.15) is 150 Å². The average molecular weight is 1330 g/mol. The summed E-state index contributed by atoms with van der Waals surface area (Å²) in [5.41, 5.74) is 0. The lowest BCUT2D eigenvalue weighted by molar-refractivity contribution is -0.155. The van der Waals surface area contributed by atoms with E-state index in [1.807, 2.05) is 41.5 Å². The summed E-state index contributed by atoms with van der Waals surface area (Å²) in [4.78, 5) is 184. The minimum absolute atomic E-state index is 0.00124. The number of aliphatic hydroxyl groups is 2. The summed E-state index contributed by atoms with van der Waals surface area (Å²) in [6.07, 6.45) is -1.66. The highest BCUT2D eigenvalue weighted by atomic mass is 16.6. The Morgan fingerprint density at radius 3 is 1.39 bits per heavy atom. The van der Waals surface area contributed by atoms with Gasteiger partial charge in [-0.05, 0) is 109 Å². The summed E-state index contributed by atoms with van der Waals surface area (Å²) in [7, 11) is 7.84. The van der Waals surface area contributed by atoms with Crippen molar-refractivity contribution in [3.8, 4) is 0 Å². The predicted molar refractivity (Wildman–Crippen MR) is 353 cm³/mol. The molecular formula is C66H116N12O16. The molecule has 0 aromatic rings. The van der Waals surface area contributed by atoms with Gasteiger partial charge < -0.3 is 80.6 Å². The third kappa shape index (κ3) is 23.2. The first-order valence-corrected chi connectivity index (χ1v) is 33.2. The fraction of sp³-hybridized carbons (Fsp3) is 0.788. The molecule has 0 radical (unpaired) electrons. The molecule has 28 nitrogen and oxygen atoms in total. The van der Waals surface area contributed by atoms with Crippen LogP contribution in [0.25, 0.3) is 0 Å². The molecule has 536 valence electrons. The monoisotopic (exact) mass is 1330 g/mol. The van der Waals surface area contributed by atoms with Gasteiger partial charge in [0.25, 0.3) is 0 Å². The number of carbonyl (C=O) groups excluding carboxylic acids is 12. The van der Waals surface area contributed by atoms with Crippen LogP contribution in [0, 0.1) is 35.5 Å². The van der Waals surface area contributed by atoms with Crippen molar-refractivity contribution in [1.82, 2.24) is 60.9 Å². The van der Waals surface area contributed by atoms with E-state index in [4.69, 9.17) is 9.47 Å². The van der Waals surface area contributed by atoms with E-state index in [0.29, 0.717) is 0 Å². The minimum Gasteiger partial charge on any atom is -0.444 e. The summed E-state index contributed by atoms with van der Waals surface area (Å²) in [5.74, 6) is -11.5. The zero-order valence-corrected chi connectivity index (χ0v) is 60.3. The number of amides is 12. The van der Waals surface area contributed by atoms with E-state index >= 15 is 14.4 Å². The number of ether oxygens (including phenoxy) is 2. The molecule has 0 spiro atoms. The molecule has 15 atom stereocenters. The molecular weight excluding hydrogens is 1220 g/mol. The normalized spacial score (nSPS) is 27.7. The average Bonchev–Trinajstić information content (AvgIpc) is 0.818. The molecule has 2 saturated heterocycles. The Labute approximate surface area is 558 Å². The number of hydrogen-bond acceptors (Lipinski definition) is 16. The first kappa shape index (κ1) is 83.2. The molecule has 94 heavy (non-hydrogen) atoms. The maximum Gasteiger partial charge on any atom is 0.410 e. The summed E-state index contributed by atoms with van der Waals surface area (Å²) in [6.45, 7) is 28.7. The van der Waals surface area contributed by atoms with Crippen LogP contribution in [0.15, 0.2) is 12.2 Å².